The van der Waals surface area contributed by atoms with Crippen molar-refractivity contribution in [3.05, 3.63) is 0 Å². The zero-order valence-electron chi connectivity index (χ0n) is 22.8. The van der Waals surface area contributed by atoms with Gasteiger partial charge in [0, 0.05) is 18.3 Å². The third-order valence-electron chi connectivity index (χ3n) is 3.41. The van der Waals surface area contributed by atoms with E-state index in [9.17, 15) is 15.3 Å². The molecule has 0 saturated carbocycles. The summed E-state index contributed by atoms with van der Waals surface area (Å²) in [7, 11) is 0. The van der Waals surface area contributed by atoms with Gasteiger partial charge in [0.2, 0.25) is 0 Å². The Bertz CT molecular complexity index is 324. The van der Waals surface area contributed by atoms with E-state index in [1.54, 1.807) is 20.8 Å². The predicted molar refractivity (Wildman–Crippen MR) is 176 cm³/mol. The first-order valence-corrected chi connectivity index (χ1v) is 9.39. The molecule has 0 N–H and O–H groups in total. The van der Waals surface area contributed by atoms with E-state index in [-0.39, 0.29) is 292 Å². The Hall–Kier alpha value is 4.55. The first-order chi connectivity index (χ1) is 13.0. The van der Waals surface area contributed by atoms with Gasteiger partial charge in [0.15, 0.2) is 0 Å². The maximum absolute atomic E-state index is 10.6. The molecule has 0 saturated heterocycles. The molecular formula is C30H86K3O9-3. The summed E-state index contributed by atoms with van der Waals surface area (Å²) in [4.78, 5) is 0. The zero-order valence-corrected chi connectivity index (χ0v) is 29.1. The second-order valence-electron chi connectivity index (χ2n) is 6.19. The van der Waals surface area contributed by atoms with Crippen molar-refractivity contribution < 1.29 is 202 Å². The van der Waals surface area contributed by atoms with Crippen LogP contribution in [0.25, 0.3) is 0 Å². The van der Waals surface area contributed by atoms with E-state index in [0.29, 0.717) is 52.9 Å². The van der Waals surface area contributed by atoms with Gasteiger partial charge in [-0.05, 0) is 20.8 Å². The molecule has 0 rings (SSSR count). The summed E-state index contributed by atoms with van der Waals surface area (Å²) in [5.41, 5.74) is 0. The standard InChI is InChI=1S/C18H35O9.12CH4.3K.3H/c1-15(10-19)24-6-4-22-13-18(27-9-8-26-17(3)12-21)14-23-5-7-25-16(2)11-20;;;;;;;;;;;;;;;;;;/h15-18H,4-14H2,1-3H3;12*1H4;;;;;;/q-3;;;;;;;;;;;;;3*+1;3*-1/i;;;;;;;;;;;;;;;;3*1+2. The molecule has 0 aliphatic heterocycles. The maximum Gasteiger partial charge on any atom is 1.00 e. The molecule has 0 aromatic carbocycles. The van der Waals surface area contributed by atoms with Crippen LogP contribution in [-0.2, 0) is 28.4 Å². The molecule has 0 fully saturated rings. The van der Waals surface area contributed by atoms with Crippen LogP contribution in [0, 0.1) is 0 Å². The number of hydrogen-bond acceptors (Lipinski definition) is 9. The average Bonchev–Trinajstić information content (AvgIpc) is 2.68. The molecule has 12 heteroatoms. The van der Waals surface area contributed by atoms with E-state index in [4.69, 9.17) is 28.4 Å². The van der Waals surface area contributed by atoms with Crippen LogP contribution in [0.5, 0.6) is 0 Å². The third kappa shape index (κ3) is 75.1. The molecule has 0 amide bonds. The topological polar surface area (TPSA) is 125 Å². The van der Waals surface area contributed by atoms with Gasteiger partial charge in [-0.1, -0.05) is 89.1 Å². The quantitative estimate of drug-likeness (QED) is 0.0943. The van der Waals surface area contributed by atoms with Crippen molar-refractivity contribution in [3.8, 4) is 0 Å². The first-order valence-electron chi connectivity index (χ1n) is 9.39. The second-order valence-corrected chi connectivity index (χ2v) is 6.19. The summed E-state index contributed by atoms with van der Waals surface area (Å²) >= 11 is 0. The van der Waals surface area contributed by atoms with Crippen LogP contribution >= 0.6 is 0 Å². The minimum atomic E-state index is -0.347. The van der Waals surface area contributed by atoms with Crippen molar-refractivity contribution in [1.29, 1.82) is 0 Å². The van der Waals surface area contributed by atoms with Crippen molar-refractivity contribution in [3.63, 3.8) is 0 Å². The van der Waals surface area contributed by atoms with Crippen LogP contribution in [0.3, 0.4) is 0 Å². The Kier molecular flexibility index (Phi) is 198. The molecule has 42 heavy (non-hydrogen) atoms. The van der Waals surface area contributed by atoms with Crippen molar-refractivity contribution in [2.45, 2.75) is 134 Å². The van der Waals surface area contributed by atoms with Crippen molar-refractivity contribution in [2.24, 2.45) is 0 Å². The zero-order chi connectivity index (χ0) is 20.3. The summed E-state index contributed by atoms with van der Waals surface area (Å²) in [6.07, 6.45) is -1.33. The number of ether oxygens (including phenoxy) is 6. The SMILES string of the molecule is C.C.C.C.C.C.C.C.C.C.C.C.CC(C[O-])OCCOCC(COCCOC(C)C[O-])OCCOC(C)C[O-].[3H-].[3H-].[3H-].[K+].[K+].[K+]. The molecule has 0 aliphatic carbocycles. The molecule has 0 spiro atoms. The third-order valence-corrected chi connectivity index (χ3v) is 3.41. The van der Waals surface area contributed by atoms with Gasteiger partial charge in [-0.15, -0.1) is 19.8 Å². The smallest absolute Gasteiger partial charge is 1.00 e. The van der Waals surface area contributed by atoms with Gasteiger partial charge in [0.1, 0.15) is 6.10 Å². The van der Waals surface area contributed by atoms with Gasteiger partial charge in [-0.2, -0.15) is 0 Å². The van der Waals surface area contributed by atoms with E-state index >= 15 is 0 Å². The summed E-state index contributed by atoms with van der Waals surface area (Å²) in [6.45, 7) is 6.86. The van der Waals surface area contributed by atoms with Crippen LogP contribution < -0.4 is 169 Å². The van der Waals surface area contributed by atoms with E-state index in [1.165, 1.54) is 0 Å². The Morgan fingerprint density at radius 1 is 0.405 bits per heavy atom. The maximum atomic E-state index is 10.6. The Balaban J connectivity index is -0.0000000221. The summed E-state index contributed by atoms with van der Waals surface area (Å²) in [6, 6.07) is 0. The van der Waals surface area contributed by atoms with Crippen molar-refractivity contribution in [2.75, 3.05) is 72.7 Å². The molecule has 0 radical (unpaired) electrons. The second kappa shape index (κ2) is 80.3. The van der Waals surface area contributed by atoms with Gasteiger partial charge >= 0.3 is 154 Å². The molecular weight excluding hydrogens is 622 g/mol. The van der Waals surface area contributed by atoms with Crippen LogP contribution in [0.2, 0.25) is 0 Å². The fraction of sp³-hybridized carbons (Fsp3) is 1.00. The summed E-state index contributed by atoms with van der Waals surface area (Å²) < 4.78 is 32.5. The van der Waals surface area contributed by atoms with Crippen molar-refractivity contribution in [1.82, 2.24) is 0 Å². The molecule has 3 unspecified atom stereocenters. The van der Waals surface area contributed by atoms with Gasteiger partial charge in [-0.25, -0.2) is 0 Å². The van der Waals surface area contributed by atoms with Gasteiger partial charge in [0.25, 0.3) is 0 Å². The van der Waals surface area contributed by atoms with E-state index in [1.807, 2.05) is 0 Å². The monoisotopic (exact) mass is 714 g/mol. The molecule has 0 bridgehead atoms. The van der Waals surface area contributed by atoms with Crippen molar-refractivity contribution >= 4 is 0 Å². The normalized spacial score (nSPS) is 10.4. The average molecular weight is 714 g/mol. The molecule has 9 nitrogen and oxygen atoms in total. The van der Waals surface area contributed by atoms with E-state index < -0.39 is 0 Å². The fourth-order valence-electron chi connectivity index (χ4n) is 1.80. The molecule has 0 heterocycles. The van der Waals surface area contributed by atoms with Gasteiger partial charge in [-0.3, -0.25) is 0 Å². The molecule has 0 aliphatic rings. The van der Waals surface area contributed by atoms with E-state index in [0.717, 1.165) is 0 Å². The number of hydrogen-bond donors (Lipinski definition) is 0. The Morgan fingerprint density at radius 2 is 0.619 bits per heavy atom. The van der Waals surface area contributed by atoms with Crippen LogP contribution in [0.1, 0.15) is 114 Å². The minimum Gasteiger partial charge on any atom is -1.00 e. The van der Waals surface area contributed by atoms with Crippen LogP contribution in [-0.4, -0.2) is 97.1 Å². The first kappa shape index (κ1) is 103. The molecule has 266 valence electrons. The fourth-order valence-corrected chi connectivity index (χ4v) is 1.80. The predicted octanol–water partition coefficient (Wildman–Crippen LogP) is -3.32. The van der Waals surface area contributed by atoms with Crippen LogP contribution in [0.15, 0.2) is 0 Å². The summed E-state index contributed by atoms with van der Waals surface area (Å²) in [5.74, 6) is 0. The van der Waals surface area contributed by atoms with Gasteiger partial charge < -0.3 is 48.0 Å². The van der Waals surface area contributed by atoms with E-state index in [2.05, 4.69) is 0 Å². The largest absolute Gasteiger partial charge is 1.00 e. The Labute approximate surface area is 402 Å². The number of rotatable bonds is 20. The molecule has 0 aromatic heterocycles. The van der Waals surface area contributed by atoms with Gasteiger partial charge in [0.05, 0.1) is 52.9 Å². The summed E-state index contributed by atoms with van der Waals surface area (Å²) in [5, 5.41) is 31.8. The molecule has 0 aromatic rings. The van der Waals surface area contributed by atoms with Crippen LogP contribution in [0.4, 0.5) is 0 Å². The minimum absolute atomic E-state index is 0. The Morgan fingerprint density at radius 3 is 0.857 bits per heavy atom. The molecule has 3 atom stereocenters.